The Kier molecular flexibility index (Phi) is 27.9. The number of H-pyrrole nitrogens is 5. The van der Waals surface area contributed by atoms with Gasteiger partial charge in [-0.05, 0) is 199 Å². The number of aromatic nitrogens is 10. The van der Waals surface area contributed by atoms with Gasteiger partial charge in [-0.1, -0.05) is 91.0 Å². The monoisotopic (exact) mass is 1990 g/mol. The molecule has 3 aliphatic rings. The van der Waals surface area contributed by atoms with Crippen LogP contribution in [0, 0.1) is 5.92 Å². The summed E-state index contributed by atoms with van der Waals surface area (Å²) >= 11 is 8.38. The van der Waals surface area contributed by atoms with E-state index in [0.717, 1.165) is 138 Å². The van der Waals surface area contributed by atoms with Crippen molar-refractivity contribution in [1.29, 1.82) is 0 Å². The van der Waals surface area contributed by atoms with E-state index in [1.165, 1.54) is 60.3 Å². The maximum absolute atomic E-state index is 12.9. The quantitative estimate of drug-likeness (QED) is 0.0178. The number of fused-ring (bicyclic) bond motifs is 10. The first-order valence-corrected chi connectivity index (χ1v) is 50.2. The second-order valence-electron chi connectivity index (χ2n) is 33.6. The van der Waals surface area contributed by atoms with E-state index >= 15 is 0 Å². The van der Waals surface area contributed by atoms with Crippen molar-refractivity contribution in [3.05, 3.63) is 264 Å². The molecule has 13 heterocycles. The number of nitrogens with zero attached hydrogens (tertiary/aromatic N) is 5. The lowest BCUT2D eigenvalue weighted by atomic mass is 10.1. The van der Waals surface area contributed by atoms with Gasteiger partial charge >= 0.3 is 5.97 Å². The molecule has 1 aliphatic carbocycles. The van der Waals surface area contributed by atoms with Crippen molar-refractivity contribution < 1.29 is 71.1 Å². The zero-order valence-electron chi connectivity index (χ0n) is 77.8. The van der Waals surface area contributed by atoms with E-state index in [9.17, 15) is 28.8 Å². The zero-order valence-corrected chi connectivity index (χ0v) is 81.8. The number of furan rings is 1. The summed E-state index contributed by atoms with van der Waals surface area (Å²) in [5.74, 6) is 2.40. The molecule has 11 aromatic heterocycles. The molecule has 30 nitrogen and oxygen atoms in total. The first-order valence-electron chi connectivity index (χ1n) is 46.1. The van der Waals surface area contributed by atoms with E-state index in [0.29, 0.717) is 120 Å². The molecule has 1 unspecified atom stereocenters. The molecule has 1 saturated carbocycles. The average molecular weight is 1990 g/mol. The second-order valence-corrected chi connectivity index (χ2v) is 39.1. The Morgan fingerprint density at radius 2 is 0.718 bits per heavy atom. The molecule has 0 bridgehead atoms. The first kappa shape index (κ1) is 94.0. The molecule has 2 atom stereocenters. The van der Waals surface area contributed by atoms with Crippen LogP contribution in [0.3, 0.4) is 0 Å². The van der Waals surface area contributed by atoms with Gasteiger partial charge in [0.05, 0.1) is 203 Å². The van der Waals surface area contributed by atoms with Crippen LogP contribution in [-0.2, 0) is 25.5 Å². The predicted octanol–water partition coefficient (Wildman–Crippen LogP) is 21.6. The first-order chi connectivity index (χ1) is 69.6. The minimum atomic E-state index is -0.630. The number of carbonyl (C=O) groups excluding carboxylic acids is 6. The number of rotatable bonds is 26. The highest BCUT2D eigenvalue weighted by Gasteiger charge is 2.33. The fourth-order valence-corrected chi connectivity index (χ4v) is 22.9. The number of cyclic esters (lactones) is 1. The summed E-state index contributed by atoms with van der Waals surface area (Å²) in [5, 5.41) is 62.0. The van der Waals surface area contributed by atoms with Crippen LogP contribution in [0.15, 0.2) is 235 Å². The summed E-state index contributed by atoms with van der Waals surface area (Å²) < 4.78 is 55.4. The van der Waals surface area contributed by atoms with E-state index in [-0.39, 0.29) is 35.6 Å². The molecule has 0 radical (unpaired) electrons. The summed E-state index contributed by atoms with van der Waals surface area (Å²) in [6.07, 6.45) is 6.57. The van der Waals surface area contributed by atoms with E-state index in [1.807, 2.05) is 97.9 Å². The van der Waals surface area contributed by atoms with E-state index in [4.69, 9.17) is 42.3 Å². The summed E-state index contributed by atoms with van der Waals surface area (Å²) in [6.45, 7) is 6.10. The van der Waals surface area contributed by atoms with Crippen LogP contribution >= 0.6 is 56.7 Å². The molecule has 35 heteroatoms. The normalized spacial score (nSPS) is 13.9. The summed E-state index contributed by atoms with van der Waals surface area (Å²) in [7, 11) is 7.87. The van der Waals surface area contributed by atoms with Crippen molar-refractivity contribution in [2.24, 2.45) is 5.92 Å². The average Bonchev–Trinajstić information content (AvgIpc) is 1.63. The van der Waals surface area contributed by atoms with Crippen molar-refractivity contribution in [1.82, 2.24) is 77.6 Å². The van der Waals surface area contributed by atoms with Crippen molar-refractivity contribution in [3.8, 4) is 81.6 Å². The number of thiophene rings is 5. The van der Waals surface area contributed by atoms with E-state index in [1.54, 1.807) is 134 Å². The van der Waals surface area contributed by atoms with Crippen LogP contribution in [0.5, 0.6) is 28.7 Å². The van der Waals surface area contributed by atoms with E-state index in [2.05, 4.69) is 169 Å². The summed E-state index contributed by atoms with van der Waals surface area (Å²) in [6, 6.07) is 72.6. The SMILES string of the molecule is CCOCCNC(=O)c1ccc2n[nH]c(-c3cc4ccccc4s3)c2c1OC.COc1c(C(=O)NCC2CC2)ccc2n[nH]c(-c3cc4ccccc4s3)c12.COc1c(C(=O)NCC2CCCO2)ccc2n[nH]c(-c3cc4ccccc4s3)c12.COc1c(C(=O)NCc2ccco2)ccc2n[nH]c(-c3cc4ccccc4s3)c12.COc1c(C(=O)N[C@@H]2CCOC2=O)ccc2n[nH]c(-c3cc4ccccc4s3)c12. The predicted molar refractivity (Wildman–Crippen MR) is 559 cm³/mol. The number of nitrogens with one attached hydrogen (secondary N) is 10. The smallest absolute Gasteiger partial charge is 0.328 e. The van der Waals surface area contributed by atoms with Gasteiger partial charge in [-0.2, -0.15) is 25.5 Å². The Balaban J connectivity index is 0.000000109. The molecule has 2 saturated heterocycles. The highest BCUT2D eigenvalue weighted by molar-refractivity contribution is 7.24. The van der Waals surface area contributed by atoms with Crippen LogP contribution in [0.2, 0.25) is 0 Å². The number of ether oxygens (including phenoxy) is 8. The Hall–Kier alpha value is -15.6. The standard InChI is InChI=1S/C22H21N3O3S.C22H17N3O3S.C21H17N3O4S.C21H21N3O3S.C21H19N3O2S/c2*1-27-21-15(22(26)23-12-14-6-4-10-28-14)8-9-16-19(21)20(25-24-16)18-11-13-5-2-3-7-17(13)29-18;1-27-19-12(20(25)22-14-8-9-28-21(14)26)6-7-13-17(19)18(24-23-13)16-10-11-4-2-3-5-15(11)29-16;1-3-27-11-10-22-21(25)14-8-9-15-18(20(14)26-2)19(24-23-15)17-12-13-6-4-5-7-16(13)28-17;1-26-20-14(21(25)22-11-12-6-7-12)8-9-15-18(20)19(24-23-15)17-10-13-4-2-3-5-16(13)27-17/h2-3,5,7-9,11,14H,4,6,10,12H2,1H3,(H,23,26)(H,24,25);2-11H,12H2,1H3,(H,23,26)(H,24,25);2-7,10,14H,8-9H2,1H3,(H,22,25)(H,23,24);4-9,12H,3,10-11H2,1-2H3,(H,22,25)(H,23,24);2-5,8-10,12H,6-7,11H2,1H3,(H,22,25)(H,23,24)/t;;14-;;/m..1../s1. The molecule has 718 valence electrons. The highest BCUT2D eigenvalue weighted by atomic mass is 32.1. The van der Waals surface area contributed by atoms with Gasteiger partial charge < -0.3 is 68.9 Å². The number of methoxy groups -OCH3 is 5. The summed E-state index contributed by atoms with van der Waals surface area (Å²) in [4.78, 5) is 80.8. The molecular formula is C107H95N15O15S5. The number of carbonyl (C=O) groups is 6. The fraction of sp³-hybridized carbons (Fsp3) is 0.206. The topological polar surface area (TPSA) is 393 Å². The van der Waals surface area contributed by atoms with Gasteiger partial charge in [0, 0.05) is 62.8 Å². The Morgan fingerprint density at radius 3 is 1.02 bits per heavy atom. The molecule has 0 spiro atoms. The number of benzene rings is 10. The van der Waals surface area contributed by atoms with Gasteiger partial charge in [0.15, 0.2) is 0 Å². The zero-order chi connectivity index (χ0) is 97.4. The van der Waals surface area contributed by atoms with Crippen LogP contribution in [0.1, 0.15) is 96.6 Å². The van der Waals surface area contributed by atoms with Crippen molar-refractivity contribution in [3.63, 3.8) is 0 Å². The largest absolute Gasteiger partial charge is 0.495 e. The molecule has 142 heavy (non-hydrogen) atoms. The van der Waals surface area contributed by atoms with Gasteiger partial charge in [0.2, 0.25) is 0 Å². The lowest BCUT2D eigenvalue weighted by Gasteiger charge is -2.13. The second kappa shape index (κ2) is 42.2. The molecule has 2 aliphatic heterocycles. The number of aromatic amines is 5. The molecule has 10 aromatic carbocycles. The third-order valence-corrected chi connectivity index (χ3v) is 30.4. The lowest BCUT2D eigenvalue weighted by molar-refractivity contribution is -0.139. The summed E-state index contributed by atoms with van der Waals surface area (Å²) in [5.41, 5.74) is 10.4. The van der Waals surface area contributed by atoms with Crippen LogP contribution in [0.4, 0.5) is 0 Å². The molecular weight excluding hydrogens is 1900 g/mol. The van der Waals surface area contributed by atoms with Gasteiger partial charge in [-0.3, -0.25) is 49.5 Å². The van der Waals surface area contributed by atoms with Crippen LogP contribution in [0.25, 0.3) is 158 Å². The molecule has 21 aromatic rings. The van der Waals surface area contributed by atoms with Gasteiger partial charge in [0.1, 0.15) is 40.5 Å². The Bertz CT molecular complexity index is 8110. The maximum atomic E-state index is 12.9. The molecule has 3 fully saturated rings. The minimum Gasteiger partial charge on any atom is -0.495 e. The number of amides is 5. The van der Waals surface area contributed by atoms with Crippen molar-refractivity contribution >= 4 is 197 Å². The number of esters is 1. The molecule has 24 rings (SSSR count). The molecule has 10 N–H and O–H groups in total. The van der Waals surface area contributed by atoms with Crippen molar-refractivity contribution in [2.45, 2.75) is 57.7 Å². The fourth-order valence-electron chi connectivity index (χ4n) is 17.5. The van der Waals surface area contributed by atoms with Gasteiger partial charge in [0.25, 0.3) is 29.5 Å². The lowest BCUT2D eigenvalue weighted by Crippen LogP contribution is -2.38. The minimum absolute atomic E-state index is 0.0934. The third kappa shape index (κ3) is 19.5. The highest BCUT2D eigenvalue weighted by Crippen LogP contribution is 2.48. The van der Waals surface area contributed by atoms with Crippen molar-refractivity contribution in [2.75, 3.05) is 81.6 Å². The van der Waals surface area contributed by atoms with Crippen LogP contribution < -0.4 is 50.3 Å². The van der Waals surface area contributed by atoms with Crippen LogP contribution in [-0.4, -0.2) is 180 Å². The van der Waals surface area contributed by atoms with E-state index < -0.39 is 12.0 Å². The Morgan fingerprint density at radius 1 is 0.380 bits per heavy atom. The third-order valence-electron chi connectivity index (χ3n) is 24.7. The number of hydrogen-bond acceptors (Lipinski definition) is 25. The Labute approximate surface area is 831 Å². The molecule has 5 amide bonds. The maximum Gasteiger partial charge on any atom is 0.328 e. The van der Waals surface area contributed by atoms with Gasteiger partial charge in [-0.15, -0.1) is 56.7 Å². The number of hydrogen-bond donors (Lipinski definition) is 10. The van der Waals surface area contributed by atoms with Gasteiger partial charge in [-0.25, -0.2) is 4.79 Å².